The Balaban J connectivity index is 2.13. The van der Waals surface area contributed by atoms with Crippen LogP contribution in [0.4, 0.5) is 0 Å². The monoisotopic (exact) mass is 376 g/mol. The Bertz CT molecular complexity index is 669. The van der Waals surface area contributed by atoms with Crippen molar-refractivity contribution in [1.82, 2.24) is 0 Å². The van der Waals surface area contributed by atoms with Crippen LogP contribution in [0.1, 0.15) is 17.5 Å². The first-order chi connectivity index (χ1) is 12.7. The SMILES string of the molecule is COCOc1ccccc1C1(c2ccccc2OCOC)SCCC1O. The van der Waals surface area contributed by atoms with E-state index in [1.165, 1.54) is 0 Å². The number of para-hydroxylation sites is 2. The van der Waals surface area contributed by atoms with E-state index in [1.54, 1.807) is 26.0 Å². The molecule has 2 aromatic carbocycles. The van der Waals surface area contributed by atoms with E-state index >= 15 is 0 Å². The zero-order valence-electron chi connectivity index (χ0n) is 15.0. The molecular weight excluding hydrogens is 352 g/mol. The van der Waals surface area contributed by atoms with E-state index in [-0.39, 0.29) is 13.6 Å². The van der Waals surface area contributed by atoms with Gasteiger partial charge in [-0.25, -0.2) is 0 Å². The van der Waals surface area contributed by atoms with Crippen molar-refractivity contribution in [1.29, 1.82) is 0 Å². The zero-order chi connectivity index (χ0) is 18.4. The van der Waals surface area contributed by atoms with Crippen LogP contribution in [0, 0.1) is 0 Å². The summed E-state index contributed by atoms with van der Waals surface area (Å²) in [7, 11) is 3.18. The molecule has 6 heteroatoms. The number of aliphatic hydroxyl groups excluding tert-OH is 1. The molecule has 1 N–H and O–H groups in total. The van der Waals surface area contributed by atoms with Crippen molar-refractivity contribution < 1.29 is 24.1 Å². The van der Waals surface area contributed by atoms with Crippen molar-refractivity contribution in [2.24, 2.45) is 0 Å². The van der Waals surface area contributed by atoms with E-state index in [1.807, 2.05) is 48.5 Å². The molecule has 0 saturated carbocycles. The third kappa shape index (κ3) is 3.55. The fraction of sp³-hybridized carbons (Fsp3) is 0.400. The highest BCUT2D eigenvalue weighted by Crippen LogP contribution is 2.56. The average Bonchev–Trinajstić information content (AvgIpc) is 3.07. The number of methoxy groups -OCH3 is 2. The van der Waals surface area contributed by atoms with Crippen molar-refractivity contribution in [3.8, 4) is 11.5 Å². The fourth-order valence-corrected chi connectivity index (χ4v) is 4.96. The molecule has 0 spiro atoms. The van der Waals surface area contributed by atoms with Gasteiger partial charge in [0.25, 0.3) is 0 Å². The maximum absolute atomic E-state index is 11.1. The molecule has 1 saturated heterocycles. The molecule has 1 unspecified atom stereocenters. The molecule has 3 rings (SSSR count). The largest absolute Gasteiger partial charge is 0.467 e. The summed E-state index contributed by atoms with van der Waals surface area (Å²) < 4.78 is 21.1. The van der Waals surface area contributed by atoms with Gasteiger partial charge in [-0.05, 0) is 24.3 Å². The molecule has 140 valence electrons. The predicted molar refractivity (Wildman–Crippen MR) is 102 cm³/mol. The van der Waals surface area contributed by atoms with Gasteiger partial charge in [-0.1, -0.05) is 36.4 Å². The Morgan fingerprint density at radius 2 is 1.42 bits per heavy atom. The number of hydrogen-bond donors (Lipinski definition) is 1. The van der Waals surface area contributed by atoms with Crippen LogP contribution in [0.3, 0.4) is 0 Å². The van der Waals surface area contributed by atoms with Crippen LogP contribution in [-0.4, -0.2) is 44.8 Å². The van der Waals surface area contributed by atoms with Gasteiger partial charge in [0.05, 0.1) is 10.9 Å². The van der Waals surface area contributed by atoms with Crippen molar-refractivity contribution in [2.45, 2.75) is 17.3 Å². The molecule has 1 aliphatic rings. The maximum atomic E-state index is 11.1. The average molecular weight is 376 g/mol. The summed E-state index contributed by atoms with van der Waals surface area (Å²) >= 11 is 1.71. The number of benzene rings is 2. The molecular formula is C20H24O5S. The van der Waals surface area contributed by atoms with Gasteiger partial charge in [-0.3, -0.25) is 0 Å². The minimum absolute atomic E-state index is 0.148. The normalized spacial score (nSPS) is 18.7. The van der Waals surface area contributed by atoms with Crippen molar-refractivity contribution in [3.63, 3.8) is 0 Å². The first-order valence-electron chi connectivity index (χ1n) is 8.48. The number of rotatable bonds is 8. The Morgan fingerprint density at radius 1 is 0.923 bits per heavy atom. The van der Waals surface area contributed by atoms with Crippen LogP contribution in [0.2, 0.25) is 0 Å². The number of ether oxygens (including phenoxy) is 4. The Morgan fingerprint density at radius 3 is 1.85 bits per heavy atom. The molecule has 26 heavy (non-hydrogen) atoms. The minimum atomic E-state index is -0.672. The van der Waals surface area contributed by atoms with Crippen LogP contribution in [0.5, 0.6) is 11.5 Å². The lowest BCUT2D eigenvalue weighted by Gasteiger charge is -2.35. The highest BCUT2D eigenvalue weighted by atomic mass is 32.2. The second kappa shape index (κ2) is 8.77. The molecule has 0 bridgehead atoms. The van der Waals surface area contributed by atoms with E-state index in [2.05, 4.69) is 0 Å². The van der Waals surface area contributed by atoms with Crippen LogP contribution in [0.25, 0.3) is 0 Å². The molecule has 5 nitrogen and oxygen atoms in total. The van der Waals surface area contributed by atoms with E-state index in [4.69, 9.17) is 18.9 Å². The van der Waals surface area contributed by atoms with Crippen LogP contribution < -0.4 is 9.47 Å². The lowest BCUT2D eigenvalue weighted by Crippen LogP contribution is -2.34. The van der Waals surface area contributed by atoms with Gasteiger partial charge in [0.2, 0.25) is 0 Å². The van der Waals surface area contributed by atoms with E-state index in [9.17, 15) is 5.11 Å². The van der Waals surface area contributed by atoms with E-state index in [0.29, 0.717) is 17.9 Å². The summed E-state index contributed by atoms with van der Waals surface area (Å²) in [5.41, 5.74) is 1.83. The van der Waals surface area contributed by atoms with E-state index in [0.717, 1.165) is 16.9 Å². The Kier molecular flexibility index (Phi) is 6.43. The highest BCUT2D eigenvalue weighted by molar-refractivity contribution is 8.00. The van der Waals surface area contributed by atoms with Crippen LogP contribution in [0.15, 0.2) is 48.5 Å². The maximum Gasteiger partial charge on any atom is 0.188 e. The van der Waals surface area contributed by atoms with E-state index < -0.39 is 10.9 Å². The summed E-state index contributed by atoms with van der Waals surface area (Å²) in [5.74, 6) is 2.24. The second-order valence-electron chi connectivity index (χ2n) is 5.98. The van der Waals surface area contributed by atoms with Gasteiger partial charge in [-0.2, -0.15) is 0 Å². The van der Waals surface area contributed by atoms with Gasteiger partial charge in [0.1, 0.15) is 11.5 Å². The smallest absolute Gasteiger partial charge is 0.188 e. The third-order valence-corrected chi connectivity index (χ3v) is 6.04. The predicted octanol–water partition coefficient (Wildman–Crippen LogP) is 3.39. The van der Waals surface area contributed by atoms with Gasteiger partial charge in [0, 0.05) is 25.3 Å². The number of aliphatic hydroxyl groups is 1. The molecule has 1 atom stereocenters. The van der Waals surface area contributed by atoms with Gasteiger partial charge < -0.3 is 24.1 Å². The summed E-state index contributed by atoms with van der Waals surface area (Å²) in [6, 6.07) is 15.6. The molecule has 0 amide bonds. The minimum Gasteiger partial charge on any atom is -0.467 e. The molecule has 0 radical (unpaired) electrons. The van der Waals surface area contributed by atoms with Gasteiger partial charge >= 0.3 is 0 Å². The summed E-state index contributed by atoms with van der Waals surface area (Å²) in [6.45, 7) is 0.297. The van der Waals surface area contributed by atoms with Crippen molar-refractivity contribution in [2.75, 3.05) is 33.6 Å². The summed E-state index contributed by atoms with van der Waals surface area (Å²) in [6.07, 6.45) is 0.133. The quantitative estimate of drug-likeness (QED) is 0.713. The number of thioether (sulfide) groups is 1. The van der Waals surface area contributed by atoms with Crippen molar-refractivity contribution >= 4 is 11.8 Å². The molecule has 1 heterocycles. The highest BCUT2D eigenvalue weighted by Gasteiger charge is 2.49. The fourth-order valence-electron chi connectivity index (χ4n) is 3.33. The Labute approximate surface area is 158 Å². The number of hydrogen-bond acceptors (Lipinski definition) is 6. The second-order valence-corrected chi connectivity index (χ2v) is 7.32. The topological polar surface area (TPSA) is 57.2 Å². The lowest BCUT2D eigenvalue weighted by molar-refractivity contribution is 0.0470. The zero-order valence-corrected chi connectivity index (χ0v) is 15.8. The molecule has 2 aromatic rings. The lowest BCUT2D eigenvalue weighted by atomic mass is 9.83. The molecule has 1 aliphatic heterocycles. The summed E-state index contributed by atoms with van der Waals surface area (Å²) in [5, 5.41) is 11.1. The first kappa shape index (κ1) is 19.0. The molecule has 0 aromatic heterocycles. The van der Waals surface area contributed by atoms with Gasteiger partial charge in [-0.15, -0.1) is 11.8 Å². The molecule has 0 aliphatic carbocycles. The summed E-state index contributed by atoms with van der Waals surface area (Å²) in [4.78, 5) is 0. The van der Waals surface area contributed by atoms with Gasteiger partial charge in [0.15, 0.2) is 13.6 Å². The molecule has 1 fully saturated rings. The first-order valence-corrected chi connectivity index (χ1v) is 9.47. The third-order valence-electron chi connectivity index (χ3n) is 4.43. The van der Waals surface area contributed by atoms with Crippen LogP contribution in [-0.2, 0) is 14.2 Å². The van der Waals surface area contributed by atoms with Crippen LogP contribution >= 0.6 is 11.8 Å². The Hall–Kier alpha value is -1.73. The van der Waals surface area contributed by atoms with Crippen molar-refractivity contribution in [3.05, 3.63) is 59.7 Å². The standard InChI is InChI=1S/C20H24O5S/c1-22-13-24-17-9-5-3-7-15(17)20(19(21)11-12-26-20)16-8-4-6-10-18(16)25-14-23-2/h3-10,19,21H,11-14H2,1-2H3.